The van der Waals surface area contributed by atoms with Crippen molar-refractivity contribution in [2.75, 3.05) is 37.7 Å². The van der Waals surface area contributed by atoms with Crippen LogP contribution in [0.15, 0.2) is 63.0 Å². The average molecular weight is 517 g/mol. The average Bonchev–Trinajstić information content (AvgIpc) is 3.41. The molecule has 2 aromatic heterocycles. The number of anilines is 1. The van der Waals surface area contributed by atoms with Gasteiger partial charge in [-0.3, -0.25) is 4.79 Å². The summed E-state index contributed by atoms with van der Waals surface area (Å²) in [5, 5.41) is 6.18. The number of para-hydroxylation sites is 1. The normalized spacial score (nSPS) is 15.0. The summed E-state index contributed by atoms with van der Waals surface area (Å²) in [5.41, 5.74) is 0.964. The van der Waals surface area contributed by atoms with Gasteiger partial charge in [0.1, 0.15) is 9.90 Å². The molecule has 188 valence electrons. The number of ether oxygens (including phenoxy) is 1. The van der Waals surface area contributed by atoms with Gasteiger partial charge in [-0.25, -0.2) is 8.42 Å². The third-order valence-electron chi connectivity index (χ3n) is 6.01. The van der Waals surface area contributed by atoms with Crippen LogP contribution in [0, 0.1) is 5.92 Å². The first kappa shape index (κ1) is 25.4. The zero-order chi connectivity index (χ0) is 24.8. The molecule has 0 unspecified atom stereocenters. The lowest BCUT2D eigenvalue weighted by atomic mass is 10.1. The van der Waals surface area contributed by atoms with E-state index in [2.05, 4.69) is 18.9 Å². The van der Waals surface area contributed by atoms with E-state index in [4.69, 9.17) is 4.74 Å². The van der Waals surface area contributed by atoms with Crippen molar-refractivity contribution in [3.05, 3.63) is 64.4 Å². The molecular formula is C25H32N4O4S2. The van der Waals surface area contributed by atoms with Crippen LogP contribution in [0.5, 0.6) is 5.75 Å². The Bertz CT molecular complexity index is 1250. The Morgan fingerprint density at radius 1 is 1.03 bits per heavy atom. The number of hydrogen-bond donors (Lipinski definition) is 0. The molecule has 3 aromatic rings. The molecule has 0 N–H and O–H groups in total. The Balaban J connectivity index is 1.54. The van der Waals surface area contributed by atoms with E-state index in [0.717, 1.165) is 19.3 Å². The van der Waals surface area contributed by atoms with Gasteiger partial charge in [0.05, 0.1) is 18.5 Å². The quantitative estimate of drug-likeness (QED) is 0.379. The fourth-order valence-corrected chi connectivity index (χ4v) is 6.65. The van der Waals surface area contributed by atoms with Crippen LogP contribution in [0.3, 0.4) is 0 Å². The maximum Gasteiger partial charge on any atom is 0.316 e. The maximum absolute atomic E-state index is 13.4. The molecule has 0 bridgehead atoms. The van der Waals surface area contributed by atoms with Gasteiger partial charge >= 0.3 is 5.56 Å². The van der Waals surface area contributed by atoms with Crippen LogP contribution >= 0.6 is 11.3 Å². The largest absolute Gasteiger partial charge is 0.486 e. The van der Waals surface area contributed by atoms with E-state index in [1.807, 2.05) is 35.2 Å². The highest BCUT2D eigenvalue weighted by molar-refractivity contribution is 7.91. The zero-order valence-corrected chi connectivity index (χ0v) is 21.8. The number of sulfonamides is 1. The number of thiophene rings is 1. The second-order valence-electron chi connectivity index (χ2n) is 8.97. The van der Waals surface area contributed by atoms with E-state index in [-0.39, 0.29) is 11.3 Å². The van der Waals surface area contributed by atoms with E-state index < -0.39 is 10.0 Å². The molecule has 35 heavy (non-hydrogen) atoms. The van der Waals surface area contributed by atoms with E-state index in [9.17, 15) is 13.2 Å². The minimum atomic E-state index is -3.50. The van der Waals surface area contributed by atoms with Gasteiger partial charge in [-0.15, -0.1) is 11.3 Å². The molecule has 0 spiro atoms. The summed E-state index contributed by atoms with van der Waals surface area (Å²) in [5.74, 6) is 0.895. The molecule has 10 heteroatoms. The molecule has 1 aliphatic rings. The van der Waals surface area contributed by atoms with Crippen molar-refractivity contribution in [3.63, 3.8) is 0 Å². The Labute approximate surface area is 210 Å². The summed E-state index contributed by atoms with van der Waals surface area (Å²) in [4.78, 5) is 15.4. The molecule has 0 atom stereocenters. The van der Waals surface area contributed by atoms with Crippen molar-refractivity contribution in [1.29, 1.82) is 0 Å². The minimum Gasteiger partial charge on any atom is -0.486 e. The smallest absolute Gasteiger partial charge is 0.316 e. The summed E-state index contributed by atoms with van der Waals surface area (Å²) in [7, 11) is -3.50. The first-order valence-corrected chi connectivity index (χ1v) is 14.3. The third kappa shape index (κ3) is 5.94. The van der Waals surface area contributed by atoms with Crippen LogP contribution in [-0.2, 0) is 10.0 Å². The highest BCUT2D eigenvalue weighted by Gasteiger charge is 2.31. The molecule has 0 radical (unpaired) electrons. The second-order valence-corrected chi connectivity index (χ2v) is 12.1. The first-order valence-electron chi connectivity index (χ1n) is 12.0. The Morgan fingerprint density at radius 3 is 2.43 bits per heavy atom. The summed E-state index contributed by atoms with van der Waals surface area (Å²) in [6, 6.07) is 12.6. The topological polar surface area (TPSA) is 84.7 Å². The monoisotopic (exact) mass is 516 g/mol. The second kappa shape index (κ2) is 11.4. The Kier molecular flexibility index (Phi) is 8.25. The Hall–Kier alpha value is -2.69. The lowest BCUT2D eigenvalue weighted by molar-refractivity contribution is 0.294. The van der Waals surface area contributed by atoms with Gasteiger partial charge in [-0.05, 0) is 42.3 Å². The zero-order valence-electron chi connectivity index (χ0n) is 20.2. The van der Waals surface area contributed by atoms with Crippen molar-refractivity contribution >= 4 is 27.0 Å². The predicted molar refractivity (Wildman–Crippen MR) is 139 cm³/mol. The molecule has 1 aromatic carbocycles. The first-order chi connectivity index (χ1) is 16.9. The van der Waals surface area contributed by atoms with E-state index in [1.165, 1.54) is 20.3 Å². The van der Waals surface area contributed by atoms with Crippen LogP contribution < -0.4 is 15.2 Å². The lowest BCUT2D eigenvalue weighted by Gasteiger charge is -2.35. The van der Waals surface area contributed by atoms with E-state index >= 15 is 0 Å². The molecule has 0 saturated carbocycles. The molecule has 1 aliphatic heterocycles. The minimum absolute atomic E-state index is 0.267. The number of benzene rings is 1. The van der Waals surface area contributed by atoms with Crippen LogP contribution in [0.1, 0.15) is 33.1 Å². The fraction of sp³-hybridized carbons (Fsp3) is 0.440. The van der Waals surface area contributed by atoms with Gasteiger partial charge in [0.2, 0.25) is 5.75 Å². The van der Waals surface area contributed by atoms with E-state index in [1.54, 1.807) is 23.7 Å². The van der Waals surface area contributed by atoms with E-state index in [0.29, 0.717) is 54.3 Å². The van der Waals surface area contributed by atoms with Gasteiger partial charge in [-0.1, -0.05) is 44.5 Å². The summed E-state index contributed by atoms with van der Waals surface area (Å²) in [6.07, 6.45) is 4.66. The lowest BCUT2D eigenvalue weighted by Crippen LogP contribution is -2.49. The molecule has 3 heterocycles. The highest BCUT2D eigenvalue weighted by Crippen LogP contribution is 2.28. The van der Waals surface area contributed by atoms with Crippen molar-refractivity contribution < 1.29 is 13.2 Å². The van der Waals surface area contributed by atoms with Gasteiger partial charge in [0.15, 0.2) is 0 Å². The standard InChI is InChI=1S/C25H32N4O4S2/c1-20(2)9-6-7-17-33-24-22(19-26-29(25(24)30)21-10-4-3-5-11-21)27-13-15-28(16-14-27)35(31,32)23-12-8-18-34-23/h3-5,8,10-12,18-20H,6-7,9,13-17H2,1-2H3. The Morgan fingerprint density at radius 2 is 1.77 bits per heavy atom. The van der Waals surface area contributed by atoms with Gasteiger partial charge in [0.25, 0.3) is 10.0 Å². The van der Waals surface area contributed by atoms with Gasteiger partial charge in [-0.2, -0.15) is 14.1 Å². The van der Waals surface area contributed by atoms with Crippen molar-refractivity contribution in [2.24, 2.45) is 5.92 Å². The molecule has 4 rings (SSSR count). The third-order valence-corrected chi connectivity index (χ3v) is 9.28. The molecule has 0 amide bonds. The van der Waals surface area contributed by atoms with Crippen molar-refractivity contribution in [2.45, 2.75) is 37.3 Å². The van der Waals surface area contributed by atoms with Crippen LogP contribution in [0.25, 0.3) is 5.69 Å². The SMILES string of the molecule is CC(C)CCCCOc1c(N2CCN(S(=O)(=O)c3cccs3)CC2)cnn(-c2ccccc2)c1=O. The van der Waals surface area contributed by atoms with Crippen LogP contribution in [0.2, 0.25) is 0 Å². The van der Waals surface area contributed by atoms with Crippen LogP contribution in [-0.4, -0.2) is 55.3 Å². The predicted octanol–water partition coefficient (Wildman–Crippen LogP) is 4.01. The molecular weight excluding hydrogens is 484 g/mol. The van der Waals surface area contributed by atoms with Crippen LogP contribution in [0.4, 0.5) is 5.69 Å². The summed E-state index contributed by atoms with van der Waals surface area (Å²) < 4.78 is 35.1. The fourth-order valence-electron chi connectivity index (χ4n) is 4.08. The summed E-state index contributed by atoms with van der Waals surface area (Å²) in [6.45, 7) is 6.39. The molecule has 1 fully saturated rings. The molecule has 8 nitrogen and oxygen atoms in total. The van der Waals surface area contributed by atoms with Crippen molar-refractivity contribution in [3.8, 4) is 11.4 Å². The van der Waals surface area contributed by atoms with Gasteiger partial charge < -0.3 is 9.64 Å². The number of aromatic nitrogens is 2. The number of piperazine rings is 1. The number of unbranched alkanes of at least 4 members (excludes halogenated alkanes) is 1. The highest BCUT2D eigenvalue weighted by atomic mass is 32.2. The summed E-state index contributed by atoms with van der Waals surface area (Å²) >= 11 is 1.22. The maximum atomic E-state index is 13.4. The van der Waals surface area contributed by atoms with Gasteiger partial charge in [0, 0.05) is 26.2 Å². The molecule has 1 saturated heterocycles. The molecule has 0 aliphatic carbocycles. The number of nitrogens with zero attached hydrogens (tertiary/aromatic N) is 4. The number of hydrogen-bond acceptors (Lipinski definition) is 7. The number of rotatable bonds is 10. The van der Waals surface area contributed by atoms with Crippen molar-refractivity contribution in [1.82, 2.24) is 14.1 Å².